The fourth-order valence-corrected chi connectivity index (χ4v) is 2.94. The minimum Gasteiger partial charge on any atom is -0.731 e. The molecule has 0 aliphatic carbocycles. The van der Waals surface area contributed by atoms with Crippen molar-refractivity contribution in [3.63, 3.8) is 0 Å². The number of carbonyl (C=O) groups excluding carboxylic acids is 2. The minimum absolute atomic E-state index is 0. The Kier molecular flexibility index (Phi) is 6.67. The van der Waals surface area contributed by atoms with E-state index in [9.17, 15) is 27.4 Å². The fourth-order valence-electron chi connectivity index (χ4n) is 1.76. The molecule has 2 heterocycles. The molecule has 120 valence electrons. The van der Waals surface area contributed by atoms with Crippen LogP contribution >= 0.6 is 23.2 Å². The van der Waals surface area contributed by atoms with Crippen LogP contribution in [0.4, 0.5) is 0 Å². The van der Waals surface area contributed by atoms with Crippen LogP contribution in [0.2, 0.25) is 10.0 Å². The first-order valence-electron chi connectivity index (χ1n) is 5.71. The third-order valence-corrected chi connectivity index (χ3v) is 4.22. The third kappa shape index (κ3) is 4.69. The van der Waals surface area contributed by atoms with Crippen molar-refractivity contribution in [2.24, 2.45) is 0 Å². The molecule has 2 rings (SSSR count). The van der Waals surface area contributed by atoms with Gasteiger partial charge in [-0.05, 0) is 0 Å². The van der Waals surface area contributed by atoms with E-state index in [4.69, 9.17) is 23.2 Å². The predicted octanol–water partition coefficient (Wildman–Crippen LogP) is -4.05. The van der Waals surface area contributed by atoms with Crippen molar-refractivity contribution in [3.05, 3.63) is 32.7 Å². The molecule has 9 nitrogen and oxygen atoms in total. The Morgan fingerprint density at radius 2 is 1.83 bits per heavy atom. The molecule has 0 saturated carbocycles. The SMILES string of the molecule is O=C(Cn1cc(Cl)c(=O)c(Cl)c1)NC1CN(S(=O)(=O)[O-])C1=O.[Na+]. The van der Waals surface area contributed by atoms with E-state index in [1.54, 1.807) is 0 Å². The molecule has 0 spiro atoms. The van der Waals surface area contributed by atoms with Gasteiger partial charge in [-0.2, -0.15) is 0 Å². The molecule has 0 bridgehead atoms. The second-order valence-corrected chi connectivity index (χ2v) is 6.51. The molecule has 1 aliphatic heterocycles. The molecule has 0 radical (unpaired) electrons. The molecular formula is C10H8Cl2N3NaO6S. The Labute approximate surface area is 162 Å². The van der Waals surface area contributed by atoms with Crippen LogP contribution in [-0.2, 0) is 26.4 Å². The van der Waals surface area contributed by atoms with E-state index < -0.39 is 40.1 Å². The molecule has 23 heavy (non-hydrogen) atoms. The summed E-state index contributed by atoms with van der Waals surface area (Å²) in [5.74, 6) is -1.64. The van der Waals surface area contributed by atoms with Crippen molar-refractivity contribution in [1.82, 2.24) is 14.2 Å². The van der Waals surface area contributed by atoms with E-state index in [0.29, 0.717) is 0 Å². The summed E-state index contributed by atoms with van der Waals surface area (Å²) in [4.78, 5) is 34.4. The van der Waals surface area contributed by atoms with Gasteiger partial charge in [0.2, 0.25) is 11.3 Å². The summed E-state index contributed by atoms with van der Waals surface area (Å²) in [6, 6.07) is -1.08. The predicted molar refractivity (Wildman–Crippen MR) is 74.1 cm³/mol. The molecule has 1 aliphatic rings. The Morgan fingerprint density at radius 1 is 1.30 bits per heavy atom. The fraction of sp³-hybridized carbons (Fsp3) is 0.300. The Balaban J connectivity index is 0.00000264. The van der Waals surface area contributed by atoms with E-state index in [-0.39, 0.29) is 50.5 Å². The molecule has 1 N–H and O–H groups in total. The molecule has 1 saturated heterocycles. The van der Waals surface area contributed by atoms with E-state index >= 15 is 0 Å². The second kappa shape index (κ2) is 7.51. The van der Waals surface area contributed by atoms with Gasteiger partial charge in [-0.25, -0.2) is 12.7 Å². The van der Waals surface area contributed by atoms with Crippen LogP contribution < -0.4 is 40.3 Å². The zero-order chi connectivity index (χ0) is 16.7. The third-order valence-electron chi connectivity index (χ3n) is 2.82. The van der Waals surface area contributed by atoms with Crippen molar-refractivity contribution < 1.29 is 52.1 Å². The van der Waals surface area contributed by atoms with Crippen LogP contribution in [0.25, 0.3) is 0 Å². The maximum atomic E-state index is 11.7. The molecule has 1 aromatic rings. The maximum Gasteiger partial charge on any atom is 1.00 e. The topological polar surface area (TPSA) is 129 Å². The van der Waals surface area contributed by atoms with E-state index in [0.717, 1.165) is 0 Å². The van der Waals surface area contributed by atoms with Crippen LogP contribution in [0.15, 0.2) is 17.2 Å². The summed E-state index contributed by atoms with van der Waals surface area (Å²) in [5, 5.41) is 1.90. The summed E-state index contributed by atoms with van der Waals surface area (Å²) in [6.45, 7) is -0.713. The summed E-state index contributed by atoms with van der Waals surface area (Å²) in [7, 11) is -4.85. The average molecular weight is 392 g/mol. The number of carbonyl (C=O) groups is 2. The number of nitrogens with zero attached hydrogens (tertiary/aromatic N) is 2. The number of halogens is 2. The number of β-lactam (4-membered cyclic amide) rings is 1. The summed E-state index contributed by atoms with van der Waals surface area (Å²) in [6.07, 6.45) is 2.37. The number of nitrogens with one attached hydrogen (secondary N) is 1. The molecule has 0 aromatic carbocycles. The van der Waals surface area contributed by atoms with Crippen LogP contribution in [-0.4, -0.2) is 46.2 Å². The smallest absolute Gasteiger partial charge is 0.731 e. The zero-order valence-corrected chi connectivity index (χ0v) is 16.0. The second-order valence-electron chi connectivity index (χ2n) is 4.40. The number of aromatic nitrogens is 1. The maximum absolute atomic E-state index is 11.7. The molecular weight excluding hydrogens is 384 g/mol. The van der Waals surface area contributed by atoms with Crippen molar-refractivity contribution in [2.45, 2.75) is 12.6 Å². The number of amides is 2. The van der Waals surface area contributed by atoms with Crippen molar-refractivity contribution in [2.75, 3.05) is 6.54 Å². The van der Waals surface area contributed by atoms with Gasteiger partial charge in [0.15, 0.2) is 10.3 Å². The minimum atomic E-state index is -4.85. The van der Waals surface area contributed by atoms with Gasteiger partial charge in [0.05, 0.1) is 6.54 Å². The van der Waals surface area contributed by atoms with Crippen LogP contribution in [0.1, 0.15) is 0 Å². The molecule has 1 unspecified atom stereocenters. The van der Waals surface area contributed by atoms with Crippen LogP contribution in [0.3, 0.4) is 0 Å². The monoisotopic (exact) mass is 391 g/mol. The van der Waals surface area contributed by atoms with Crippen molar-refractivity contribution in [1.29, 1.82) is 0 Å². The van der Waals surface area contributed by atoms with E-state index in [1.165, 1.54) is 17.0 Å². The number of hydrogen-bond donors (Lipinski definition) is 1. The Hall–Kier alpha value is -0.620. The van der Waals surface area contributed by atoms with Crippen molar-refractivity contribution >= 4 is 45.3 Å². The van der Waals surface area contributed by atoms with Gasteiger partial charge in [-0.3, -0.25) is 14.4 Å². The molecule has 2 amide bonds. The molecule has 1 aromatic heterocycles. The van der Waals surface area contributed by atoms with Crippen LogP contribution in [0.5, 0.6) is 0 Å². The largest absolute Gasteiger partial charge is 1.00 e. The van der Waals surface area contributed by atoms with Gasteiger partial charge >= 0.3 is 29.6 Å². The average Bonchev–Trinajstić information content (AvgIpc) is 2.38. The molecule has 13 heteroatoms. The van der Waals surface area contributed by atoms with E-state index in [1.807, 2.05) is 0 Å². The molecule has 1 fully saturated rings. The number of rotatable bonds is 4. The normalized spacial score (nSPS) is 17.3. The van der Waals surface area contributed by atoms with Gasteiger partial charge in [0.1, 0.15) is 22.6 Å². The van der Waals surface area contributed by atoms with Gasteiger partial charge < -0.3 is 14.4 Å². The number of pyridine rings is 1. The summed E-state index contributed by atoms with van der Waals surface area (Å²) < 4.78 is 33.2. The Morgan fingerprint density at radius 3 is 2.26 bits per heavy atom. The summed E-state index contributed by atoms with van der Waals surface area (Å²) in [5.41, 5.74) is -0.578. The van der Waals surface area contributed by atoms with Crippen molar-refractivity contribution in [3.8, 4) is 0 Å². The van der Waals surface area contributed by atoms with Crippen LogP contribution in [0, 0.1) is 0 Å². The standard InChI is InChI=1S/C10H9Cl2N3O6S.Na/c11-5-1-14(2-6(12)9(5)17)4-8(16)13-7-3-15(10(7)18)22(19,20)21;/h1-2,7H,3-4H2,(H,13,16)(H,19,20,21);/q;+1/p-1. The van der Waals surface area contributed by atoms with Gasteiger partial charge in [0, 0.05) is 12.4 Å². The van der Waals surface area contributed by atoms with Gasteiger partial charge in [-0.15, -0.1) is 0 Å². The Bertz CT molecular complexity index is 785. The number of hydrogen-bond acceptors (Lipinski definition) is 6. The van der Waals surface area contributed by atoms with Gasteiger partial charge in [0.25, 0.3) is 5.91 Å². The first kappa shape index (κ1) is 20.4. The van der Waals surface area contributed by atoms with Gasteiger partial charge in [-0.1, -0.05) is 23.2 Å². The summed E-state index contributed by atoms with van der Waals surface area (Å²) >= 11 is 11.3. The molecule has 1 atom stereocenters. The quantitative estimate of drug-likeness (QED) is 0.316. The first-order chi connectivity index (χ1) is 10.1. The zero-order valence-electron chi connectivity index (χ0n) is 11.7. The first-order valence-corrected chi connectivity index (χ1v) is 7.83. The van der Waals surface area contributed by atoms with E-state index in [2.05, 4.69) is 5.32 Å².